The fourth-order valence-corrected chi connectivity index (χ4v) is 2.15. The number of hydrogen-bond donors (Lipinski definition) is 1. The first kappa shape index (κ1) is 13.7. The van der Waals surface area contributed by atoms with Gasteiger partial charge in [-0.3, -0.25) is 0 Å². The van der Waals surface area contributed by atoms with E-state index in [1.807, 2.05) is 12.1 Å². The van der Waals surface area contributed by atoms with E-state index in [0.717, 1.165) is 0 Å². The van der Waals surface area contributed by atoms with Gasteiger partial charge >= 0.3 is 0 Å². The number of ether oxygens (including phenoxy) is 2. The molecule has 1 atom stereocenters. The van der Waals surface area contributed by atoms with Crippen LogP contribution in [0.2, 0.25) is 5.02 Å². The van der Waals surface area contributed by atoms with E-state index in [0.29, 0.717) is 27.6 Å². The van der Waals surface area contributed by atoms with Gasteiger partial charge in [0.05, 0.1) is 14.2 Å². The molecule has 0 spiro atoms. The molecule has 0 aliphatic rings. The van der Waals surface area contributed by atoms with E-state index < -0.39 is 6.10 Å². The van der Waals surface area contributed by atoms with Gasteiger partial charge in [-0.15, -0.1) is 0 Å². The van der Waals surface area contributed by atoms with Crippen molar-refractivity contribution < 1.29 is 14.6 Å². The normalized spacial score (nSPS) is 12.0. The van der Waals surface area contributed by atoms with Crippen molar-refractivity contribution in [2.45, 2.75) is 6.10 Å². The number of methoxy groups -OCH3 is 2. The number of benzene rings is 2. The van der Waals surface area contributed by atoms with Crippen molar-refractivity contribution in [1.82, 2.24) is 0 Å². The van der Waals surface area contributed by atoms with E-state index in [-0.39, 0.29) is 0 Å². The Hall–Kier alpha value is -1.71. The van der Waals surface area contributed by atoms with Crippen molar-refractivity contribution in [2.75, 3.05) is 14.2 Å². The molecule has 0 heterocycles. The first-order chi connectivity index (χ1) is 9.17. The molecule has 0 unspecified atom stereocenters. The minimum absolute atomic E-state index is 0.521. The summed E-state index contributed by atoms with van der Waals surface area (Å²) < 4.78 is 10.4. The van der Waals surface area contributed by atoms with Crippen LogP contribution in [-0.2, 0) is 0 Å². The van der Waals surface area contributed by atoms with E-state index in [4.69, 9.17) is 21.1 Å². The van der Waals surface area contributed by atoms with E-state index >= 15 is 0 Å². The van der Waals surface area contributed by atoms with Gasteiger partial charge in [0, 0.05) is 22.2 Å². The Morgan fingerprint density at radius 1 is 1.00 bits per heavy atom. The average Bonchev–Trinajstić information content (AvgIpc) is 2.46. The maximum atomic E-state index is 10.4. The number of halogens is 1. The Morgan fingerprint density at radius 3 is 2.37 bits per heavy atom. The molecule has 0 aromatic heterocycles. The highest BCUT2D eigenvalue weighted by Gasteiger charge is 2.18. The summed E-state index contributed by atoms with van der Waals surface area (Å²) in [5.74, 6) is 1.23. The Balaban J connectivity index is 2.44. The van der Waals surface area contributed by atoms with Crippen molar-refractivity contribution in [1.29, 1.82) is 0 Å². The highest BCUT2D eigenvalue weighted by atomic mass is 35.5. The lowest BCUT2D eigenvalue weighted by molar-refractivity contribution is 0.214. The molecule has 3 nitrogen and oxygen atoms in total. The fraction of sp³-hybridized carbons (Fsp3) is 0.200. The van der Waals surface area contributed by atoms with Crippen LogP contribution in [0.25, 0.3) is 0 Å². The van der Waals surface area contributed by atoms with Crippen LogP contribution >= 0.6 is 11.6 Å². The van der Waals surface area contributed by atoms with Gasteiger partial charge in [0.2, 0.25) is 0 Å². The van der Waals surface area contributed by atoms with Gasteiger partial charge in [0.1, 0.15) is 17.6 Å². The van der Waals surface area contributed by atoms with E-state index in [9.17, 15) is 5.11 Å². The van der Waals surface area contributed by atoms with Gasteiger partial charge in [-0.25, -0.2) is 0 Å². The maximum absolute atomic E-state index is 10.4. The molecule has 0 saturated heterocycles. The van der Waals surface area contributed by atoms with Crippen molar-refractivity contribution >= 4 is 11.6 Å². The van der Waals surface area contributed by atoms with E-state index in [2.05, 4.69) is 0 Å². The summed E-state index contributed by atoms with van der Waals surface area (Å²) in [6.07, 6.45) is -0.838. The molecule has 2 aromatic rings. The third-order valence-corrected chi connectivity index (χ3v) is 3.28. The second kappa shape index (κ2) is 5.95. The summed E-state index contributed by atoms with van der Waals surface area (Å²) in [6.45, 7) is 0. The Morgan fingerprint density at radius 2 is 1.74 bits per heavy atom. The van der Waals surface area contributed by atoms with Gasteiger partial charge in [-0.2, -0.15) is 0 Å². The monoisotopic (exact) mass is 278 g/mol. The van der Waals surface area contributed by atoms with Gasteiger partial charge in [-0.1, -0.05) is 29.8 Å². The molecular weight excluding hydrogens is 264 g/mol. The quantitative estimate of drug-likeness (QED) is 0.931. The third-order valence-electron chi connectivity index (χ3n) is 2.94. The van der Waals surface area contributed by atoms with Gasteiger partial charge in [0.15, 0.2) is 0 Å². The van der Waals surface area contributed by atoms with Crippen LogP contribution in [0.1, 0.15) is 17.2 Å². The second-order valence-corrected chi connectivity index (χ2v) is 4.44. The van der Waals surface area contributed by atoms with Crippen LogP contribution in [0.15, 0.2) is 42.5 Å². The topological polar surface area (TPSA) is 38.7 Å². The Labute approximate surface area is 117 Å². The standard InChI is InChI=1S/C15H15ClO3/c1-18-10-7-8-12(14(9-10)19-2)15(17)11-5-3-4-6-13(11)16/h3-9,15,17H,1-2H3/t15-/m1/s1. The second-order valence-electron chi connectivity index (χ2n) is 4.03. The first-order valence-electron chi connectivity index (χ1n) is 5.81. The number of aliphatic hydroxyl groups excluding tert-OH is 1. The molecule has 4 heteroatoms. The molecule has 0 fully saturated rings. The molecule has 0 radical (unpaired) electrons. The van der Waals surface area contributed by atoms with Crippen LogP contribution < -0.4 is 9.47 Å². The largest absolute Gasteiger partial charge is 0.497 e. The zero-order valence-corrected chi connectivity index (χ0v) is 11.5. The molecule has 1 N–H and O–H groups in total. The number of rotatable bonds is 4. The average molecular weight is 279 g/mol. The van der Waals surface area contributed by atoms with E-state index in [1.54, 1.807) is 44.6 Å². The summed E-state index contributed by atoms with van der Waals surface area (Å²) >= 11 is 6.10. The molecule has 0 amide bonds. The molecular formula is C15H15ClO3. The predicted octanol–water partition coefficient (Wildman–Crippen LogP) is 3.44. The molecule has 0 bridgehead atoms. The number of hydrogen-bond acceptors (Lipinski definition) is 3. The lowest BCUT2D eigenvalue weighted by Crippen LogP contribution is -2.03. The van der Waals surface area contributed by atoms with Crippen LogP contribution in [0.4, 0.5) is 0 Å². The van der Waals surface area contributed by atoms with Crippen LogP contribution in [0, 0.1) is 0 Å². The minimum atomic E-state index is -0.838. The molecule has 2 rings (SSSR count). The van der Waals surface area contributed by atoms with E-state index in [1.165, 1.54) is 0 Å². The van der Waals surface area contributed by atoms with Crippen LogP contribution in [0.5, 0.6) is 11.5 Å². The smallest absolute Gasteiger partial charge is 0.128 e. The van der Waals surface area contributed by atoms with Crippen molar-refractivity contribution in [2.24, 2.45) is 0 Å². The summed E-state index contributed by atoms with van der Waals surface area (Å²) in [5, 5.41) is 11.0. The minimum Gasteiger partial charge on any atom is -0.497 e. The summed E-state index contributed by atoms with van der Waals surface area (Å²) in [4.78, 5) is 0. The lowest BCUT2D eigenvalue weighted by Gasteiger charge is -2.17. The van der Waals surface area contributed by atoms with Crippen LogP contribution in [-0.4, -0.2) is 19.3 Å². The van der Waals surface area contributed by atoms with Gasteiger partial charge < -0.3 is 14.6 Å². The molecule has 19 heavy (non-hydrogen) atoms. The summed E-state index contributed by atoms with van der Waals surface area (Å²) in [7, 11) is 3.14. The zero-order valence-electron chi connectivity index (χ0n) is 10.8. The summed E-state index contributed by atoms with van der Waals surface area (Å²) in [6, 6.07) is 12.5. The fourth-order valence-electron chi connectivity index (χ4n) is 1.91. The lowest BCUT2D eigenvalue weighted by atomic mass is 10.0. The molecule has 0 saturated carbocycles. The molecule has 0 aliphatic carbocycles. The molecule has 100 valence electrons. The SMILES string of the molecule is COc1ccc([C@H](O)c2ccccc2Cl)c(OC)c1. The van der Waals surface area contributed by atoms with Crippen molar-refractivity contribution in [3.05, 3.63) is 58.6 Å². The van der Waals surface area contributed by atoms with Gasteiger partial charge in [-0.05, 0) is 18.2 Å². The van der Waals surface area contributed by atoms with Crippen LogP contribution in [0.3, 0.4) is 0 Å². The zero-order chi connectivity index (χ0) is 13.8. The van der Waals surface area contributed by atoms with Gasteiger partial charge in [0.25, 0.3) is 0 Å². The Kier molecular flexibility index (Phi) is 4.30. The molecule has 0 aliphatic heterocycles. The third kappa shape index (κ3) is 2.83. The highest BCUT2D eigenvalue weighted by Crippen LogP contribution is 2.35. The van der Waals surface area contributed by atoms with Crippen molar-refractivity contribution in [3.63, 3.8) is 0 Å². The maximum Gasteiger partial charge on any atom is 0.128 e. The highest BCUT2D eigenvalue weighted by molar-refractivity contribution is 6.31. The molecule has 2 aromatic carbocycles. The van der Waals surface area contributed by atoms with Crippen molar-refractivity contribution in [3.8, 4) is 11.5 Å². The number of aliphatic hydroxyl groups is 1. The summed E-state index contributed by atoms with van der Waals surface area (Å²) in [5.41, 5.74) is 1.30. The first-order valence-corrected chi connectivity index (χ1v) is 6.19. The predicted molar refractivity (Wildman–Crippen MR) is 75.1 cm³/mol. The Bertz CT molecular complexity index is 569.